The number of nitrogens with zero attached hydrogens (tertiary/aromatic N) is 5. The van der Waals surface area contributed by atoms with Crippen molar-refractivity contribution < 1.29 is 9.53 Å². The number of hydrogen-bond acceptors (Lipinski definition) is 7. The number of rotatable bonds is 6. The number of carbonyl (C=O) groups excluding carboxylic acids is 1. The first-order chi connectivity index (χ1) is 18.1. The lowest BCUT2D eigenvalue weighted by Gasteiger charge is -2.38. The van der Waals surface area contributed by atoms with E-state index < -0.39 is 0 Å². The second-order valence-corrected chi connectivity index (χ2v) is 9.52. The Labute approximate surface area is 218 Å². The maximum Gasteiger partial charge on any atom is 0.319 e. The Morgan fingerprint density at radius 3 is 2.65 bits per heavy atom. The molecule has 0 saturated carbocycles. The molecule has 3 aromatic rings. The van der Waals surface area contributed by atoms with E-state index in [1.54, 1.807) is 0 Å². The van der Waals surface area contributed by atoms with Crippen molar-refractivity contribution in [3.63, 3.8) is 0 Å². The molecule has 0 unspecified atom stereocenters. The smallest absolute Gasteiger partial charge is 0.319 e. The van der Waals surface area contributed by atoms with Gasteiger partial charge in [0.1, 0.15) is 11.6 Å². The maximum atomic E-state index is 11.9. The first-order valence-corrected chi connectivity index (χ1v) is 13.1. The van der Waals surface area contributed by atoms with Crippen molar-refractivity contribution in [2.24, 2.45) is 0 Å². The van der Waals surface area contributed by atoms with Gasteiger partial charge >= 0.3 is 6.03 Å². The summed E-state index contributed by atoms with van der Waals surface area (Å²) in [5, 5.41) is 5.59. The predicted molar refractivity (Wildman–Crippen MR) is 146 cm³/mol. The highest BCUT2D eigenvalue weighted by atomic mass is 16.5. The van der Waals surface area contributed by atoms with Crippen molar-refractivity contribution in [3.05, 3.63) is 59.4 Å². The lowest BCUT2D eigenvalue weighted by atomic mass is 10.0. The third kappa shape index (κ3) is 5.51. The summed E-state index contributed by atoms with van der Waals surface area (Å²) in [6, 6.07) is 12.0. The van der Waals surface area contributed by atoms with Crippen molar-refractivity contribution >= 4 is 23.4 Å². The second kappa shape index (κ2) is 11.1. The molecule has 9 heteroatoms. The highest BCUT2D eigenvalue weighted by molar-refractivity contribution is 5.89. The van der Waals surface area contributed by atoms with Gasteiger partial charge < -0.3 is 25.2 Å². The van der Waals surface area contributed by atoms with Gasteiger partial charge in [-0.15, -0.1) is 0 Å². The van der Waals surface area contributed by atoms with E-state index in [2.05, 4.69) is 46.4 Å². The van der Waals surface area contributed by atoms with Crippen LogP contribution in [0.1, 0.15) is 37.6 Å². The molecule has 0 bridgehead atoms. The van der Waals surface area contributed by atoms with Gasteiger partial charge in [-0.3, -0.25) is 0 Å². The first kappa shape index (κ1) is 25.0. The highest BCUT2D eigenvalue weighted by Gasteiger charge is 2.29. The van der Waals surface area contributed by atoms with Crippen LogP contribution in [-0.4, -0.2) is 59.9 Å². The van der Waals surface area contributed by atoms with Gasteiger partial charge in [0.2, 0.25) is 0 Å². The van der Waals surface area contributed by atoms with Crippen LogP contribution in [0.2, 0.25) is 0 Å². The van der Waals surface area contributed by atoms with Crippen LogP contribution >= 0.6 is 0 Å². The summed E-state index contributed by atoms with van der Waals surface area (Å²) in [5.41, 5.74) is 5.13. The Bertz CT molecular complexity index is 1230. The Morgan fingerprint density at radius 1 is 1.11 bits per heavy atom. The van der Waals surface area contributed by atoms with Crippen molar-refractivity contribution in [2.75, 3.05) is 48.0 Å². The topological polar surface area (TPSA) is 95.5 Å². The number of hydrogen-bond donors (Lipinski definition) is 2. The first-order valence-electron chi connectivity index (χ1n) is 13.1. The molecule has 37 heavy (non-hydrogen) atoms. The molecule has 2 aliphatic rings. The molecule has 2 N–H and O–H groups in total. The molecular weight excluding hydrogens is 466 g/mol. The van der Waals surface area contributed by atoms with E-state index >= 15 is 0 Å². The molecule has 0 radical (unpaired) electrons. The summed E-state index contributed by atoms with van der Waals surface area (Å²) in [6.45, 7) is 10.5. The van der Waals surface area contributed by atoms with Gasteiger partial charge in [-0.25, -0.2) is 19.7 Å². The average molecular weight is 502 g/mol. The minimum absolute atomic E-state index is 0.218. The SMILES string of the molecule is CCNC(=O)Nc1ccc(-c2nc3c(c(N4CCOC[C@@H]4C)n2)CCN(c2ccc(CC)cn2)C3)cc1. The molecule has 4 heterocycles. The van der Waals surface area contributed by atoms with Gasteiger partial charge in [0, 0.05) is 42.6 Å². The number of ether oxygens (including phenoxy) is 1. The van der Waals surface area contributed by atoms with Crippen LogP contribution in [0.5, 0.6) is 0 Å². The maximum absolute atomic E-state index is 11.9. The summed E-state index contributed by atoms with van der Waals surface area (Å²) in [6.07, 6.45) is 3.81. The van der Waals surface area contributed by atoms with E-state index in [1.165, 1.54) is 11.1 Å². The molecule has 1 aromatic carbocycles. The number of carbonyl (C=O) groups is 1. The third-order valence-electron chi connectivity index (χ3n) is 6.96. The number of aromatic nitrogens is 3. The monoisotopic (exact) mass is 501 g/mol. The molecule has 1 fully saturated rings. The minimum atomic E-state index is -0.218. The van der Waals surface area contributed by atoms with Crippen LogP contribution in [0.25, 0.3) is 11.4 Å². The summed E-state index contributed by atoms with van der Waals surface area (Å²) in [7, 11) is 0. The van der Waals surface area contributed by atoms with Crippen LogP contribution in [0.4, 0.5) is 22.1 Å². The van der Waals surface area contributed by atoms with E-state index in [4.69, 9.17) is 19.7 Å². The van der Waals surface area contributed by atoms with E-state index in [0.29, 0.717) is 32.1 Å². The Morgan fingerprint density at radius 2 is 1.95 bits per heavy atom. The van der Waals surface area contributed by atoms with Crippen LogP contribution in [0.3, 0.4) is 0 Å². The van der Waals surface area contributed by atoms with Gasteiger partial charge in [-0.1, -0.05) is 13.0 Å². The molecule has 9 nitrogen and oxygen atoms in total. The fourth-order valence-corrected chi connectivity index (χ4v) is 4.87. The van der Waals surface area contributed by atoms with E-state index in [0.717, 1.165) is 54.5 Å². The van der Waals surface area contributed by atoms with Gasteiger partial charge in [-0.2, -0.15) is 0 Å². The second-order valence-electron chi connectivity index (χ2n) is 9.52. The van der Waals surface area contributed by atoms with Gasteiger partial charge in [0.15, 0.2) is 5.82 Å². The molecule has 2 aliphatic heterocycles. The molecule has 1 saturated heterocycles. The normalized spacial score (nSPS) is 17.3. The molecule has 2 amide bonds. The summed E-state index contributed by atoms with van der Waals surface area (Å²) in [5.74, 6) is 2.67. The number of fused-ring (bicyclic) bond motifs is 1. The van der Waals surface area contributed by atoms with Gasteiger partial charge in [0.05, 0.1) is 31.5 Å². The lowest BCUT2D eigenvalue weighted by molar-refractivity contribution is 0.0984. The number of amides is 2. The average Bonchev–Trinajstić information content (AvgIpc) is 2.93. The van der Waals surface area contributed by atoms with Crippen molar-refractivity contribution in [3.8, 4) is 11.4 Å². The summed E-state index contributed by atoms with van der Waals surface area (Å²) in [4.78, 5) is 31.4. The van der Waals surface area contributed by atoms with Crippen LogP contribution < -0.4 is 20.4 Å². The van der Waals surface area contributed by atoms with E-state index in [-0.39, 0.29) is 12.1 Å². The summed E-state index contributed by atoms with van der Waals surface area (Å²) < 4.78 is 5.71. The standard InChI is InChI=1S/C28H35N7O2/c1-4-20-6-11-25(30-16-20)34-13-12-23-24(17-34)32-26(33-27(23)35-14-15-37-18-19(35)3)21-7-9-22(10-8-21)31-28(36)29-5-2/h6-11,16,19H,4-5,12-15,17-18H2,1-3H3,(H2,29,31,36)/t19-/m0/s1. The summed E-state index contributed by atoms with van der Waals surface area (Å²) >= 11 is 0. The zero-order valence-electron chi connectivity index (χ0n) is 21.8. The van der Waals surface area contributed by atoms with Crippen LogP contribution in [0.15, 0.2) is 42.6 Å². The number of benzene rings is 1. The zero-order valence-corrected chi connectivity index (χ0v) is 21.8. The fraction of sp³-hybridized carbons (Fsp3) is 0.429. The number of morpholine rings is 1. The van der Waals surface area contributed by atoms with Crippen molar-refractivity contribution in [2.45, 2.75) is 46.2 Å². The molecule has 0 spiro atoms. The quantitative estimate of drug-likeness (QED) is 0.527. The Balaban J connectivity index is 1.48. The third-order valence-corrected chi connectivity index (χ3v) is 6.96. The number of aryl methyl sites for hydroxylation is 1. The Kier molecular flexibility index (Phi) is 7.50. The molecule has 2 aromatic heterocycles. The number of nitrogens with one attached hydrogen (secondary N) is 2. The molecule has 0 aliphatic carbocycles. The molecule has 5 rings (SSSR count). The van der Waals surface area contributed by atoms with Gasteiger partial charge in [-0.05, 0) is 62.6 Å². The minimum Gasteiger partial charge on any atom is -0.377 e. The van der Waals surface area contributed by atoms with E-state index in [1.807, 2.05) is 37.4 Å². The predicted octanol–water partition coefficient (Wildman–Crippen LogP) is 4.03. The molecule has 194 valence electrons. The zero-order chi connectivity index (χ0) is 25.8. The number of anilines is 3. The van der Waals surface area contributed by atoms with Crippen LogP contribution in [-0.2, 0) is 24.1 Å². The molecule has 1 atom stereocenters. The number of urea groups is 1. The lowest BCUT2D eigenvalue weighted by Crippen LogP contribution is -2.45. The fourth-order valence-electron chi connectivity index (χ4n) is 4.87. The Hall–Kier alpha value is -3.72. The highest BCUT2D eigenvalue weighted by Crippen LogP contribution is 2.32. The van der Waals surface area contributed by atoms with Gasteiger partial charge in [0.25, 0.3) is 0 Å². The van der Waals surface area contributed by atoms with Crippen LogP contribution in [0, 0.1) is 0 Å². The van der Waals surface area contributed by atoms with E-state index in [9.17, 15) is 4.79 Å². The van der Waals surface area contributed by atoms with Crippen molar-refractivity contribution in [1.82, 2.24) is 20.3 Å². The largest absolute Gasteiger partial charge is 0.377 e. The molecular formula is C28H35N7O2. The number of pyridine rings is 1. The van der Waals surface area contributed by atoms with Crippen molar-refractivity contribution in [1.29, 1.82) is 0 Å².